The number of para-hydroxylation sites is 1. The number of benzene rings is 2. The van der Waals surface area contributed by atoms with Crippen LogP contribution in [0.4, 0.5) is 11.8 Å². The van der Waals surface area contributed by atoms with E-state index in [2.05, 4.69) is 25.6 Å². The molecule has 2 aromatic carbocycles. The average Bonchev–Trinajstić information content (AvgIpc) is 2.96. The monoisotopic (exact) mass is 535 g/mol. The zero-order valence-corrected chi connectivity index (χ0v) is 22.1. The van der Waals surface area contributed by atoms with E-state index in [1.54, 1.807) is 10.8 Å². The number of aliphatic hydroxyl groups is 1. The molecular weight excluding hydrogens is 506 g/mol. The zero-order valence-electron chi connectivity index (χ0n) is 22.1. The van der Waals surface area contributed by atoms with E-state index in [0.717, 1.165) is 22.2 Å². The largest absolute Gasteiger partial charge is 0.395 e. The van der Waals surface area contributed by atoms with Gasteiger partial charge in [0.2, 0.25) is 5.95 Å². The molecule has 3 heterocycles. The van der Waals surface area contributed by atoms with Crippen molar-refractivity contribution in [2.75, 3.05) is 24.2 Å². The van der Waals surface area contributed by atoms with Crippen molar-refractivity contribution in [3.8, 4) is 16.8 Å². The molecular formula is C30H29N7O3. The Bertz CT molecular complexity index is 1750. The smallest absolute Gasteiger partial charge is 0.263 e. The zero-order chi connectivity index (χ0) is 28.2. The Labute approximate surface area is 230 Å². The lowest BCUT2D eigenvalue weighted by atomic mass is 9.98. The molecule has 0 fully saturated rings. The number of hydrogen-bond acceptors (Lipinski definition) is 8. The lowest BCUT2D eigenvalue weighted by molar-refractivity contribution is 0.0945. The van der Waals surface area contributed by atoms with E-state index >= 15 is 0 Å². The van der Waals surface area contributed by atoms with Crippen molar-refractivity contribution < 1.29 is 9.90 Å². The molecule has 0 unspecified atom stereocenters. The minimum Gasteiger partial charge on any atom is -0.395 e. The van der Waals surface area contributed by atoms with E-state index in [0.29, 0.717) is 16.8 Å². The van der Waals surface area contributed by atoms with Crippen molar-refractivity contribution in [1.82, 2.24) is 24.8 Å². The van der Waals surface area contributed by atoms with Crippen LogP contribution in [0.25, 0.3) is 27.6 Å². The Morgan fingerprint density at radius 1 is 1.07 bits per heavy atom. The third kappa shape index (κ3) is 5.25. The molecule has 10 nitrogen and oxygen atoms in total. The quantitative estimate of drug-likeness (QED) is 0.235. The highest BCUT2D eigenvalue weighted by Gasteiger charge is 2.21. The molecule has 0 spiro atoms. The first-order chi connectivity index (χ1) is 19.4. The molecule has 1 amide bonds. The molecule has 0 radical (unpaired) electrons. The summed E-state index contributed by atoms with van der Waals surface area (Å²) in [6.45, 7) is 3.67. The van der Waals surface area contributed by atoms with Gasteiger partial charge in [-0.2, -0.15) is 4.98 Å². The lowest BCUT2D eigenvalue weighted by Gasteiger charge is -2.23. The van der Waals surface area contributed by atoms with E-state index in [1.807, 2.05) is 80.6 Å². The number of carbonyl (C=O) groups is 1. The second kappa shape index (κ2) is 11.3. The number of nitrogens with zero attached hydrogens (tertiary/aromatic N) is 4. The lowest BCUT2D eigenvalue weighted by Crippen LogP contribution is -2.29. The molecule has 1 atom stereocenters. The van der Waals surface area contributed by atoms with Crippen molar-refractivity contribution in [3.05, 3.63) is 106 Å². The standard InChI is InChI=1S/C30H29N7O3/c1-18-15-20(11-12-32-18)23-10-6-7-21-16-25(37(29(40)26(21)23)22-8-4-3-5-9-22)19(2)35-27-24(17-34-30(31)36-27)28(39)33-13-14-38/h3-12,15-17,19,38H,13-14H2,1-2H3,(H,33,39)(H3,31,34,35,36)/t19-/m0/s1. The van der Waals surface area contributed by atoms with Gasteiger partial charge in [-0.1, -0.05) is 36.4 Å². The number of pyridine rings is 2. The minimum atomic E-state index is -0.483. The number of rotatable bonds is 8. The molecule has 202 valence electrons. The predicted octanol–water partition coefficient (Wildman–Crippen LogP) is 3.63. The molecule has 5 rings (SSSR count). The highest BCUT2D eigenvalue weighted by Crippen LogP contribution is 2.30. The number of nitrogens with two attached hydrogens (primary N) is 1. The number of hydrogen-bond donors (Lipinski definition) is 4. The van der Waals surface area contributed by atoms with Crippen LogP contribution in [0.5, 0.6) is 0 Å². The average molecular weight is 536 g/mol. The Morgan fingerprint density at radius 3 is 2.62 bits per heavy atom. The van der Waals surface area contributed by atoms with Crippen LogP contribution in [-0.2, 0) is 0 Å². The van der Waals surface area contributed by atoms with Crippen molar-refractivity contribution in [2.24, 2.45) is 0 Å². The second-order valence-corrected chi connectivity index (χ2v) is 9.34. The third-order valence-electron chi connectivity index (χ3n) is 6.54. The number of aryl methyl sites for hydroxylation is 1. The van der Waals surface area contributed by atoms with Gasteiger partial charge in [-0.15, -0.1) is 0 Å². The molecule has 0 saturated carbocycles. The van der Waals surface area contributed by atoms with Crippen LogP contribution >= 0.6 is 0 Å². The summed E-state index contributed by atoms with van der Waals surface area (Å²) in [5.74, 6) is -0.256. The molecule has 3 aromatic heterocycles. The first-order valence-corrected chi connectivity index (χ1v) is 12.8. The van der Waals surface area contributed by atoms with Crippen LogP contribution in [0.2, 0.25) is 0 Å². The first kappa shape index (κ1) is 26.5. The van der Waals surface area contributed by atoms with Gasteiger partial charge in [0.1, 0.15) is 11.4 Å². The first-order valence-electron chi connectivity index (χ1n) is 12.8. The van der Waals surface area contributed by atoms with Gasteiger partial charge in [-0.05, 0) is 60.7 Å². The van der Waals surface area contributed by atoms with Crippen molar-refractivity contribution in [2.45, 2.75) is 19.9 Å². The predicted molar refractivity (Wildman–Crippen MR) is 155 cm³/mol. The summed E-state index contributed by atoms with van der Waals surface area (Å²) in [6.07, 6.45) is 3.07. The maximum atomic E-state index is 14.3. The van der Waals surface area contributed by atoms with Gasteiger partial charge >= 0.3 is 0 Å². The summed E-state index contributed by atoms with van der Waals surface area (Å²) in [6, 6.07) is 20.5. The Balaban J connectivity index is 1.68. The number of fused-ring (bicyclic) bond motifs is 1. The molecule has 0 saturated heterocycles. The Hall–Kier alpha value is -5.09. The van der Waals surface area contributed by atoms with Crippen LogP contribution < -0.4 is 21.9 Å². The van der Waals surface area contributed by atoms with Gasteiger partial charge in [-0.3, -0.25) is 19.1 Å². The summed E-state index contributed by atoms with van der Waals surface area (Å²) in [4.78, 5) is 39.6. The molecule has 0 aliphatic rings. The summed E-state index contributed by atoms with van der Waals surface area (Å²) in [5, 5.41) is 16.3. The fraction of sp³-hybridized carbons (Fsp3) is 0.167. The van der Waals surface area contributed by atoms with Crippen molar-refractivity contribution >= 4 is 28.4 Å². The SMILES string of the molecule is Cc1cc(-c2cccc3cc([C@H](C)Nc4nc(N)ncc4C(=O)NCCO)n(-c4ccccc4)c(=O)c23)ccn1. The number of nitrogen functional groups attached to an aromatic ring is 1. The number of aliphatic hydroxyl groups excluding tert-OH is 1. The Kier molecular flexibility index (Phi) is 7.52. The van der Waals surface area contributed by atoms with E-state index in [1.165, 1.54) is 6.20 Å². The van der Waals surface area contributed by atoms with Crippen LogP contribution in [0, 0.1) is 6.92 Å². The topological polar surface area (TPSA) is 148 Å². The number of carbonyl (C=O) groups excluding carboxylic acids is 1. The van der Waals surface area contributed by atoms with Gasteiger partial charge < -0.3 is 21.5 Å². The highest BCUT2D eigenvalue weighted by molar-refractivity contribution is 5.99. The summed E-state index contributed by atoms with van der Waals surface area (Å²) in [7, 11) is 0. The van der Waals surface area contributed by atoms with Crippen LogP contribution in [0.15, 0.2) is 83.9 Å². The maximum absolute atomic E-state index is 14.3. The molecule has 0 aliphatic carbocycles. The number of anilines is 2. The molecule has 5 N–H and O–H groups in total. The highest BCUT2D eigenvalue weighted by atomic mass is 16.3. The fourth-order valence-corrected chi connectivity index (χ4v) is 4.71. The van der Waals surface area contributed by atoms with Gasteiger partial charge in [0.05, 0.1) is 18.0 Å². The van der Waals surface area contributed by atoms with E-state index < -0.39 is 11.9 Å². The molecule has 40 heavy (non-hydrogen) atoms. The third-order valence-corrected chi connectivity index (χ3v) is 6.54. The van der Waals surface area contributed by atoms with Crippen LogP contribution in [-0.4, -0.2) is 43.7 Å². The van der Waals surface area contributed by atoms with Gasteiger partial charge in [0, 0.05) is 36.0 Å². The van der Waals surface area contributed by atoms with Crippen molar-refractivity contribution in [3.63, 3.8) is 0 Å². The normalized spacial score (nSPS) is 11.8. The van der Waals surface area contributed by atoms with Gasteiger partial charge in [0.25, 0.3) is 11.5 Å². The van der Waals surface area contributed by atoms with Crippen LogP contribution in [0.3, 0.4) is 0 Å². The van der Waals surface area contributed by atoms with E-state index in [9.17, 15) is 9.59 Å². The van der Waals surface area contributed by atoms with E-state index in [-0.39, 0.29) is 36.0 Å². The molecule has 10 heteroatoms. The minimum absolute atomic E-state index is 0.00958. The van der Waals surface area contributed by atoms with E-state index in [4.69, 9.17) is 10.8 Å². The summed E-state index contributed by atoms with van der Waals surface area (Å²) < 4.78 is 1.67. The fourth-order valence-electron chi connectivity index (χ4n) is 4.71. The summed E-state index contributed by atoms with van der Waals surface area (Å²) >= 11 is 0. The van der Waals surface area contributed by atoms with Gasteiger partial charge in [-0.25, -0.2) is 4.98 Å². The number of amides is 1. The Morgan fingerprint density at radius 2 is 1.88 bits per heavy atom. The molecule has 0 aliphatic heterocycles. The van der Waals surface area contributed by atoms with Crippen LogP contribution in [0.1, 0.15) is 34.7 Å². The number of aromatic nitrogens is 4. The maximum Gasteiger partial charge on any atom is 0.263 e. The molecule has 5 aromatic rings. The van der Waals surface area contributed by atoms with Gasteiger partial charge in [0.15, 0.2) is 0 Å². The summed E-state index contributed by atoms with van der Waals surface area (Å²) in [5.41, 5.74) is 9.77. The number of nitrogens with one attached hydrogen (secondary N) is 2. The molecule has 0 bridgehead atoms. The van der Waals surface area contributed by atoms with Crippen molar-refractivity contribution in [1.29, 1.82) is 0 Å². The second-order valence-electron chi connectivity index (χ2n) is 9.34.